The zero-order chi connectivity index (χ0) is 23.9. The van der Waals surface area contributed by atoms with E-state index in [0.29, 0.717) is 54.4 Å². The Morgan fingerprint density at radius 2 is 2.03 bits per heavy atom. The van der Waals surface area contributed by atoms with Crippen molar-refractivity contribution in [3.8, 4) is 28.5 Å². The van der Waals surface area contributed by atoms with Crippen LogP contribution in [0.2, 0.25) is 0 Å². The molecule has 2 N–H and O–H groups in total. The van der Waals surface area contributed by atoms with Crippen LogP contribution >= 0.6 is 0 Å². The van der Waals surface area contributed by atoms with E-state index >= 15 is 0 Å². The molecule has 176 valence electrons. The number of nitrogens with one attached hydrogen (secondary N) is 2. The minimum Gasteiger partial charge on any atom is -0.493 e. The SMILES string of the molecule is Cc1ccc(F)c(-c2cnc(C3COc4ccc(Oc5ccnc6c5CCC(=O)N6)cc4C3)[nH]2)c1. The van der Waals surface area contributed by atoms with Gasteiger partial charge in [0.2, 0.25) is 5.91 Å². The normalized spacial score (nSPS) is 16.6. The van der Waals surface area contributed by atoms with Crippen LogP contribution in [0.3, 0.4) is 0 Å². The number of benzene rings is 2. The van der Waals surface area contributed by atoms with E-state index < -0.39 is 0 Å². The molecule has 0 radical (unpaired) electrons. The van der Waals surface area contributed by atoms with E-state index in [1.165, 1.54) is 6.07 Å². The Kier molecular flexibility index (Phi) is 5.21. The van der Waals surface area contributed by atoms with Gasteiger partial charge >= 0.3 is 0 Å². The fourth-order valence-corrected chi connectivity index (χ4v) is 4.62. The Morgan fingerprint density at radius 1 is 1.11 bits per heavy atom. The molecule has 4 aromatic rings. The summed E-state index contributed by atoms with van der Waals surface area (Å²) >= 11 is 0. The smallest absolute Gasteiger partial charge is 0.225 e. The molecule has 0 fully saturated rings. The number of H-pyrrole nitrogens is 1. The number of nitrogens with zero attached hydrogens (tertiary/aromatic N) is 2. The zero-order valence-corrected chi connectivity index (χ0v) is 19.1. The molecule has 2 aliphatic rings. The van der Waals surface area contributed by atoms with Crippen molar-refractivity contribution < 1.29 is 18.7 Å². The number of halogens is 1. The summed E-state index contributed by atoms with van der Waals surface area (Å²) in [6.07, 6.45) is 5.01. The molecular formula is C27H23FN4O3. The standard InChI is InChI=1S/C27H23FN4O3/c1-15-2-5-21(28)20(10-15)22-13-30-26(31-22)17-11-16-12-18(3-6-23(16)34-14-17)35-24-8-9-29-27-19(24)4-7-25(33)32-27/h2-3,5-6,8-10,12-13,17H,4,7,11,14H2,1H3,(H,30,31)(H,29,32,33). The van der Waals surface area contributed by atoms with Gasteiger partial charge in [0.15, 0.2) is 0 Å². The number of carbonyl (C=O) groups is 1. The largest absolute Gasteiger partial charge is 0.493 e. The van der Waals surface area contributed by atoms with Gasteiger partial charge in [0.05, 0.1) is 24.4 Å². The second kappa shape index (κ2) is 8.54. The highest BCUT2D eigenvalue weighted by molar-refractivity contribution is 5.93. The average molecular weight is 471 g/mol. The molecule has 0 spiro atoms. The number of fused-ring (bicyclic) bond motifs is 2. The monoisotopic (exact) mass is 470 g/mol. The van der Waals surface area contributed by atoms with Crippen LogP contribution in [-0.4, -0.2) is 27.5 Å². The minimum atomic E-state index is -0.282. The summed E-state index contributed by atoms with van der Waals surface area (Å²) < 4.78 is 26.5. The van der Waals surface area contributed by atoms with Crippen LogP contribution in [0.25, 0.3) is 11.3 Å². The molecule has 7 nitrogen and oxygen atoms in total. The van der Waals surface area contributed by atoms with E-state index in [2.05, 4.69) is 20.3 Å². The van der Waals surface area contributed by atoms with Crippen molar-refractivity contribution in [2.24, 2.45) is 0 Å². The Labute approximate surface area is 201 Å². The number of aromatic amines is 1. The lowest BCUT2D eigenvalue weighted by Gasteiger charge is -2.25. The van der Waals surface area contributed by atoms with Crippen LogP contribution in [0, 0.1) is 12.7 Å². The van der Waals surface area contributed by atoms with Crippen LogP contribution in [0.4, 0.5) is 10.2 Å². The molecule has 0 saturated carbocycles. The summed E-state index contributed by atoms with van der Waals surface area (Å²) in [5.74, 6) is 3.17. The number of rotatable bonds is 4. The lowest BCUT2D eigenvalue weighted by Crippen LogP contribution is -2.20. The quantitative estimate of drug-likeness (QED) is 0.422. The number of hydrogen-bond acceptors (Lipinski definition) is 5. The topological polar surface area (TPSA) is 89.1 Å². The van der Waals surface area contributed by atoms with Crippen LogP contribution in [0.5, 0.6) is 17.2 Å². The van der Waals surface area contributed by atoms with Crippen LogP contribution < -0.4 is 14.8 Å². The van der Waals surface area contributed by atoms with Gasteiger partial charge in [-0.1, -0.05) is 11.6 Å². The molecule has 2 aliphatic heterocycles. The van der Waals surface area contributed by atoms with Crippen molar-refractivity contribution in [1.29, 1.82) is 0 Å². The molecule has 4 heterocycles. The van der Waals surface area contributed by atoms with Gasteiger partial charge in [0, 0.05) is 23.7 Å². The van der Waals surface area contributed by atoms with Gasteiger partial charge in [0.1, 0.15) is 34.7 Å². The fraction of sp³-hybridized carbons (Fsp3) is 0.222. The number of amides is 1. The molecule has 0 aliphatic carbocycles. The van der Waals surface area contributed by atoms with Crippen molar-refractivity contribution in [1.82, 2.24) is 15.0 Å². The van der Waals surface area contributed by atoms with Crippen molar-refractivity contribution in [3.05, 3.63) is 83.2 Å². The maximum Gasteiger partial charge on any atom is 0.225 e. The molecule has 35 heavy (non-hydrogen) atoms. The lowest BCUT2D eigenvalue weighted by molar-refractivity contribution is -0.116. The van der Waals surface area contributed by atoms with E-state index in [0.717, 1.165) is 28.3 Å². The maximum atomic E-state index is 14.3. The van der Waals surface area contributed by atoms with Crippen LogP contribution in [0.1, 0.15) is 34.9 Å². The third-order valence-electron chi connectivity index (χ3n) is 6.43. The van der Waals surface area contributed by atoms with Crippen molar-refractivity contribution >= 4 is 11.7 Å². The Hall–Kier alpha value is -4.20. The summed E-state index contributed by atoms with van der Waals surface area (Å²) in [6.45, 7) is 2.41. The number of hydrogen-bond donors (Lipinski definition) is 2. The van der Waals surface area contributed by atoms with Crippen molar-refractivity contribution in [2.75, 3.05) is 11.9 Å². The average Bonchev–Trinajstić information content (AvgIpc) is 3.35. The Bertz CT molecular complexity index is 1450. The molecule has 0 saturated heterocycles. The van der Waals surface area contributed by atoms with E-state index in [1.807, 2.05) is 37.3 Å². The van der Waals surface area contributed by atoms with Crippen LogP contribution in [0.15, 0.2) is 54.9 Å². The van der Waals surface area contributed by atoms with Gasteiger partial charge in [-0.15, -0.1) is 0 Å². The lowest BCUT2D eigenvalue weighted by atomic mass is 9.96. The summed E-state index contributed by atoms with van der Waals surface area (Å²) in [6, 6.07) is 12.6. The Morgan fingerprint density at radius 3 is 2.94 bits per heavy atom. The van der Waals surface area contributed by atoms with Gasteiger partial charge in [0.25, 0.3) is 0 Å². The molecule has 2 aromatic heterocycles. The summed E-state index contributed by atoms with van der Waals surface area (Å²) in [7, 11) is 0. The number of pyridine rings is 1. The fourth-order valence-electron chi connectivity index (χ4n) is 4.62. The molecular weight excluding hydrogens is 447 g/mol. The molecule has 0 bridgehead atoms. The summed E-state index contributed by atoms with van der Waals surface area (Å²) in [5, 5.41) is 2.80. The first-order valence-corrected chi connectivity index (χ1v) is 11.6. The third-order valence-corrected chi connectivity index (χ3v) is 6.43. The van der Waals surface area contributed by atoms with E-state index in [4.69, 9.17) is 9.47 Å². The summed E-state index contributed by atoms with van der Waals surface area (Å²) in [5.41, 5.74) is 4.05. The number of aryl methyl sites for hydroxylation is 1. The number of aromatic nitrogens is 3. The molecule has 8 heteroatoms. The van der Waals surface area contributed by atoms with Gasteiger partial charge in [-0.25, -0.2) is 14.4 Å². The van der Waals surface area contributed by atoms with Crippen LogP contribution in [-0.2, 0) is 17.6 Å². The van der Waals surface area contributed by atoms with E-state index in [9.17, 15) is 9.18 Å². The predicted molar refractivity (Wildman–Crippen MR) is 128 cm³/mol. The first kappa shape index (κ1) is 21.3. The number of imidazole rings is 1. The number of ether oxygens (including phenoxy) is 2. The second-order valence-electron chi connectivity index (χ2n) is 8.93. The van der Waals surface area contributed by atoms with Gasteiger partial charge < -0.3 is 19.8 Å². The second-order valence-corrected chi connectivity index (χ2v) is 8.93. The molecule has 6 rings (SSSR count). The zero-order valence-electron chi connectivity index (χ0n) is 19.1. The highest BCUT2D eigenvalue weighted by Crippen LogP contribution is 2.37. The molecule has 1 atom stereocenters. The van der Waals surface area contributed by atoms with Gasteiger partial charge in [-0.3, -0.25) is 4.79 Å². The minimum absolute atomic E-state index is 0.00303. The highest BCUT2D eigenvalue weighted by atomic mass is 19.1. The van der Waals surface area contributed by atoms with Gasteiger partial charge in [-0.2, -0.15) is 0 Å². The van der Waals surface area contributed by atoms with Gasteiger partial charge in [-0.05, 0) is 61.7 Å². The number of carbonyl (C=O) groups excluding carboxylic acids is 1. The predicted octanol–water partition coefficient (Wildman–Crippen LogP) is 5.31. The first-order chi connectivity index (χ1) is 17.0. The molecule has 1 unspecified atom stereocenters. The first-order valence-electron chi connectivity index (χ1n) is 11.6. The third kappa shape index (κ3) is 4.12. The molecule has 2 aromatic carbocycles. The highest BCUT2D eigenvalue weighted by Gasteiger charge is 2.25. The molecule has 1 amide bonds. The van der Waals surface area contributed by atoms with E-state index in [1.54, 1.807) is 18.5 Å². The maximum absolute atomic E-state index is 14.3. The van der Waals surface area contributed by atoms with Crippen molar-refractivity contribution in [2.45, 2.75) is 32.1 Å². The Balaban J connectivity index is 1.23. The summed E-state index contributed by atoms with van der Waals surface area (Å²) in [4.78, 5) is 23.8. The number of anilines is 1. The van der Waals surface area contributed by atoms with E-state index in [-0.39, 0.29) is 17.6 Å². The van der Waals surface area contributed by atoms with Crippen molar-refractivity contribution in [3.63, 3.8) is 0 Å².